The molecule has 1 aromatic heterocycles. The number of nitrogens with one attached hydrogen (secondary N) is 1. The van der Waals surface area contributed by atoms with Gasteiger partial charge in [0.1, 0.15) is 4.88 Å². The standard InChI is InChI=1S/C18H25N3O3S/c1-6-14-17(25-21-20-14)18(22)19-12(4)13-7-8-15(16(9-13)23-5)24-10-11(2)3/h7-9,11-12H,6,10H2,1-5H3,(H,19,22). The molecule has 1 amide bonds. The molecule has 6 nitrogen and oxygen atoms in total. The molecule has 1 aromatic carbocycles. The summed E-state index contributed by atoms with van der Waals surface area (Å²) in [7, 11) is 1.61. The number of ether oxygens (including phenoxy) is 2. The molecule has 0 radical (unpaired) electrons. The van der Waals surface area contributed by atoms with Crippen LogP contribution < -0.4 is 14.8 Å². The third-order valence-corrected chi connectivity index (χ3v) is 4.47. The van der Waals surface area contributed by atoms with Crippen molar-refractivity contribution in [1.29, 1.82) is 0 Å². The van der Waals surface area contributed by atoms with Gasteiger partial charge in [-0.2, -0.15) is 0 Å². The molecule has 2 rings (SSSR count). The maximum Gasteiger partial charge on any atom is 0.265 e. The molecule has 0 spiro atoms. The second-order valence-electron chi connectivity index (χ2n) is 6.21. The lowest BCUT2D eigenvalue weighted by atomic mass is 10.1. The molecule has 0 bridgehead atoms. The van der Waals surface area contributed by atoms with E-state index in [0.29, 0.717) is 35.3 Å². The Kier molecular flexibility index (Phi) is 6.75. The Balaban J connectivity index is 2.11. The molecule has 0 fully saturated rings. The highest BCUT2D eigenvalue weighted by atomic mass is 32.1. The van der Waals surface area contributed by atoms with Crippen LogP contribution in [0.15, 0.2) is 18.2 Å². The van der Waals surface area contributed by atoms with Gasteiger partial charge in [0.25, 0.3) is 5.91 Å². The second-order valence-corrected chi connectivity index (χ2v) is 6.97. The molecule has 0 aliphatic carbocycles. The first kappa shape index (κ1) is 19.2. The summed E-state index contributed by atoms with van der Waals surface area (Å²) in [4.78, 5) is 13.0. The molecule has 0 saturated carbocycles. The minimum absolute atomic E-state index is 0.154. The lowest BCUT2D eigenvalue weighted by Gasteiger charge is -2.17. The first-order valence-electron chi connectivity index (χ1n) is 8.39. The molecular weight excluding hydrogens is 338 g/mol. The second kappa shape index (κ2) is 8.80. The van der Waals surface area contributed by atoms with Gasteiger partial charge in [-0.3, -0.25) is 4.79 Å². The minimum atomic E-state index is -0.174. The fraction of sp³-hybridized carbons (Fsp3) is 0.500. The lowest BCUT2D eigenvalue weighted by molar-refractivity contribution is 0.0943. The maximum atomic E-state index is 12.4. The summed E-state index contributed by atoms with van der Waals surface area (Å²) in [5.41, 5.74) is 1.67. The molecule has 1 heterocycles. The smallest absolute Gasteiger partial charge is 0.265 e. The highest BCUT2D eigenvalue weighted by Crippen LogP contribution is 2.30. The lowest BCUT2D eigenvalue weighted by Crippen LogP contribution is -2.26. The molecule has 2 aromatic rings. The predicted molar refractivity (Wildman–Crippen MR) is 98.5 cm³/mol. The molecule has 0 aliphatic rings. The Morgan fingerprint density at radius 1 is 1.28 bits per heavy atom. The number of carbonyl (C=O) groups is 1. The maximum absolute atomic E-state index is 12.4. The van der Waals surface area contributed by atoms with E-state index in [1.165, 1.54) is 0 Å². The van der Waals surface area contributed by atoms with Gasteiger partial charge < -0.3 is 14.8 Å². The van der Waals surface area contributed by atoms with Crippen molar-refractivity contribution in [1.82, 2.24) is 14.9 Å². The Morgan fingerprint density at radius 2 is 2.04 bits per heavy atom. The first-order chi connectivity index (χ1) is 12.0. The van der Waals surface area contributed by atoms with Crippen molar-refractivity contribution in [3.63, 3.8) is 0 Å². The summed E-state index contributed by atoms with van der Waals surface area (Å²) in [5, 5.41) is 6.97. The average Bonchev–Trinajstić information content (AvgIpc) is 3.08. The Morgan fingerprint density at radius 3 is 2.68 bits per heavy atom. The SMILES string of the molecule is CCc1nnsc1C(=O)NC(C)c1ccc(OCC(C)C)c(OC)c1. The molecule has 1 unspecified atom stereocenters. The molecule has 0 saturated heterocycles. The molecular formula is C18H25N3O3S. The third-order valence-electron chi connectivity index (χ3n) is 3.70. The van der Waals surface area contributed by atoms with Crippen molar-refractivity contribution in [2.75, 3.05) is 13.7 Å². The number of rotatable bonds is 8. The van der Waals surface area contributed by atoms with E-state index in [0.717, 1.165) is 22.8 Å². The number of aromatic nitrogens is 2. The summed E-state index contributed by atoms with van der Waals surface area (Å²) in [6.45, 7) is 8.70. The van der Waals surface area contributed by atoms with E-state index in [4.69, 9.17) is 9.47 Å². The van der Waals surface area contributed by atoms with Crippen molar-refractivity contribution in [3.8, 4) is 11.5 Å². The van der Waals surface area contributed by atoms with Crippen molar-refractivity contribution in [2.24, 2.45) is 5.92 Å². The van der Waals surface area contributed by atoms with E-state index < -0.39 is 0 Å². The fourth-order valence-electron chi connectivity index (χ4n) is 2.29. The zero-order chi connectivity index (χ0) is 18.4. The number of hydrogen-bond donors (Lipinski definition) is 1. The van der Waals surface area contributed by atoms with Gasteiger partial charge in [-0.25, -0.2) is 0 Å². The number of amides is 1. The van der Waals surface area contributed by atoms with Crippen LogP contribution in [0.4, 0.5) is 0 Å². The molecule has 7 heteroatoms. The molecule has 1 N–H and O–H groups in total. The summed E-state index contributed by atoms with van der Waals surface area (Å²) >= 11 is 1.12. The quantitative estimate of drug-likeness (QED) is 0.775. The van der Waals surface area contributed by atoms with Crippen LogP contribution in [0.3, 0.4) is 0 Å². The molecule has 1 atom stereocenters. The van der Waals surface area contributed by atoms with Crippen LogP contribution in [-0.2, 0) is 6.42 Å². The summed E-state index contributed by atoms with van der Waals surface area (Å²) < 4.78 is 15.1. The van der Waals surface area contributed by atoms with Crippen molar-refractivity contribution in [2.45, 2.75) is 40.2 Å². The topological polar surface area (TPSA) is 73.3 Å². The van der Waals surface area contributed by atoms with Gasteiger partial charge in [-0.15, -0.1) is 5.10 Å². The van der Waals surface area contributed by atoms with Crippen molar-refractivity contribution in [3.05, 3.63) is 34.3 Å². The van der Waals surface area contributed by atoms with E-state index in [-0.39, 0.29) is 11.9 Å². The van der Waals surface area contributed by atoms with Gasteiger partial charge in [-0.05, 0) is 48.5 Å². The highest BCUT2D eigenvalue weighted by Gasteiger charge is 2.18. The third kappa shape index (κ3) is 4.92. The Labute approximate surface area is 152 Å². The van der Waals surface area contributed by atoms with Gasteiger partial charge in [-0.1, -0.05) is 31.3 Å². The number of nitrogens with zero attached hydrogens (tertiary/aromatic N) is 2. The number of carbonyl (C=O) groups excluding carboxylic acids is 1. The van der Waals surface area contributed by atoms with Crippen LogP contribution in [-0.4, -0.2) is 29.2 Å². The van der Waals surface area contributed by atoms with Crippen LogP contribution in [0.25, 0.3) is 0 Å². The average molecular weight is 363 g/mol. The van der Waals surface area contributed by atoms with Crippen LogP contribution >= 0.6 is 11.5 Å². The van der Waals surface area contributed by atoms with Gasteiger partial charge >= 0.3 is 0 Å². The van der Waals surface area contributed by atoms with E-state index in [1.807, 2.05) is 32.0 Å². The fourth-order valence-corrected chi connectivity index (χ4v) is 2.94. The number of aryl methyl sites for hydroxylation is 1. The van der Waals surface area contributed by atoms with Gasteiger partial charge in [0.05, 0.1) is 25.5 Å². The molecule has 0 aliphatic heterocycles. The Bertz CT molecular complexity index is 715. The normalized spacial score (nSPS) is 12.1. The van der Waals surface area contributed by atoms with Gasteiger partial charge in [0.2, 0.25) is 0 Å². The van der Waals surface area contributed by atoms with Crippen LogP contribution in [0, 0.1) is 5.92 Å². The molecule has 136 valence electrons. The van der Waals surface area contributed by atoms with Crippen LogP contribution in [0.5, 0.6) is 11.5 Å². The monoisotopic (exact) mass is 363 g/mol. The number of benzene rings is 1. The summed E-state index contributed by atoms with van der Waals surface area (Å²) in [5.74, 6) is 1.65. The largest absolute Gasteiger partial charge is 0.493 e. The van der Waals surface area contributed by atoms with Crippen LogP contribution in [0.1, 0.15) is 54.7 Å². The van der Waals surface area contributed by atoms with Gasteiger partial charge in [0.15, 0.2) is 11.5 Å². The summed E-state index contributed by atoms with van der Waals surface area (Å²) in [6.07, 6.45) is 0.684. The zero-order valence-corrected chi connectivity index (χ0v) is 16.1. The van der Waals surface area contributed by atoms with Gasteiger partial charge in [0, 0.05) is 0 Å². The Hall–Kier alpha value is -2.15. The van der Waals surface area contributed by atoms with Crippen molar-refractivity contribution >= 4 is 17.4 Å². The zero-order valence-electron chi connectivity index (χ0n) is 15.3. The van der Waals surface area contributed by atoms with E-state index in [9.17, 15) is 4.79 Å². The van der Waals surface area contributed by atoms with E-state index >= 15 is 0 Å². The molecule has 25 heavy (non-hydrogen) atoms. The van der Waals surface area contributed by atoms with Crippen molar-refractivity contribution < 1.29 is 14.3 Å². The number of methoxy groups -OCH3 is 1. The highest BCUT2D eigenvalue weighted by molar-refractivity contribution is 7.08. The number of hydrogen-bond acceptors (Lipinski definition) is 6. The minimum Gasteiger partial charge on any atom is -0.493 e. The van der Waals surface area contributed by atoms with Crippen LogP contribution in [0.2, 0.25) is 0 Å². The first-order valence-corrected chi connectivity index (χ1v) is 9.16. The van der Waals surface area contributed by atoms with E-state index in [2.05, 4.69) is 28.8 Å². The summed E-state index contributed by atoms with van der Waals surface area (Å²) in [6, 6.07) is 5.54. The predicted octanol–water partition coefficient (Wildman–Crippen LogP) is 3.63. The van der Waals surface area contributed by atoms with E-state index in [1.54, 1.807) is 7.11 Å².